The first-order valence-corrected chi connectivity index (χ1v) is 8.02. The standard InChI is InChI=1S/C20H24O3/c1-4-22-20(21)12-11-17-9-6-10-18(13-17)23-14-19-15(2)7-5-8-16(19)3/h5-10,13H,4,11-12,14H2,1-3H3. The van der Waals surface area contributed by atoms with Crippen LogP contribution < -0.4 is 4.74 Å². The molecule has 0 saturated heterocycles. The predicted octanol–water partition coefficient (Wildman–Crippen LogP) is 4.38. The van der Waals surface area contributed by atoms with Gasteiger partial charge in [-0.05, 0) is 61.6 Å². The molecule has 0 saturated carbocycles. The van der Waals surface area contributed by atoms with Crippen LogP contribution in [0.25, 0.3) is 0 Å². The molecule has 0 fully saturated rings. The maximum atomic E-state index is 11.4. The highest BCUT2D eigenvalue weighted by atomic mass is 16.5. The average Bonchev–Trinajstić information content (AvgIpc) is 2.53. The normalized spacial score (nSPS) is 10.4. The van der Waals surface area contributed by atoms with Crippen molar-refractivity contribution in [2.45, 2.75) is 40.2 Å². The molecule has 2 aromatic carbocycles. The first-order chi connectivity index (χ1) is 11.1. The fraction of sp³-hybridized carbons (Fsp3) is 0.350. The number of benzene rings is 2. The summed E-state index contributed by atoms with van der Waals surface area (Å²) in [5, 5.41) is 0. The van der Waals surface area contributed by atoms with E-state index in [0.717, 1.165) is 11.3 Å². The molecule has 2 aromatic rings. The molecular weight excluding hydrogens is 288 g/mol. The number of hydrogen-bond donors (Lipinski definition) is 0. The number of carbonyl (C=O) groups is 1. The number of ether oxygens (including phenoxy) is 2. The molecule has 0 N–H and O–H groups in total. The van der Waals surface area contributed by atoms with Gasteiger partial charge in [0.05, 0.1) is 6.61 Å². The summed E-state index contributed by atoms with van der Waals surface area (Å²) >= 11 is 0. The van der Waals surface area contributed by atoms with Crippen LogP contribution >= 0.6 is 0 Å². The van der Waals surface area contributed by atoms with Crippen molar-refractivity contribution in [1.29, 1.82) is 0 Å². The van der Waals surface area contributed by atoms with Gasteiger partial charge in [-0.3, -0.25) is 4.79 Å². The van der Waals surface area contributed by atoms with Crippen LogP contribution in [0.2, 0.25) is 0 Å². The number of aryl methyl sites for hydroxylation is 3. The molecular formula is C20H24O3. The summed E-state index contributed by atoms with van der Waals surface area (Å²) in [5.74, 6) is 0.670. The van der Waals surface area contributed by atoms with Gasteiger partial charge in [0.1, 0.15) is 12.4 Å². The number of rotatable bonds is 7. The molecule has 0 aliphatic heterocycles. The van der Waals surface area contributed by atoms with Crippen molar-refractivity contribution in [3.05, 3.63) is 64.7 Å². The van der Waals surface area contributed by atoms with Crippen molar-refractivity contribution in [1.82, 2.24) is 0 Å². The zero-order valence-corrected chi connectivity index (χ0v) is 14.1. The largest absolute Gasteiger partial charge is 0.489 e. The van der Waals surface area contributed by atoms with Crippen LogP contribution in [-0.4, -0.2) is 12.6 Å². The SMILES string of the molecule is CCOC(=O)CCc1cccc(OCc2c(C)cccc2C)c1. The molecule has 0 amide bonds. The van der Waals surface area contributed by atoms with E-state index in [-0.39, 0.29) is 5.97 Å². The van der Waals surface area contributed by atoms with Crippen LogP contribution in [0, 0.1) is 13.8 Å². The fourth-order valence-corrected chi connectivity index (χ4v) is 2.50. The predicted molar refractivity (Wildman–Crippen MR) is 91.6 cm³/mol. The quantitative estimate of drug-likeness (QED) is 0.712. The summed E-state index contributed by atoms with van der Waals surface area (Å²) in [5.41, 5.74) is 4.79. The lowest BCUT2D eigenvalue weighted by atomic mass is 10.0. The van der Waals surface area contributed by atoms with E-state index in [1.807, 2.05) is 31.2 Å². The van der Waals surface area contributed by atoms with E-state index in [9.17, 15) is 4.79 Å². The van der Waals surface area contributed by atoms with Gasteiger partial charge in [-0.1, -0.05) is 30.3 Å². The molecule has 0 bridgehead atoms. The third-order valence-electron chi connectivity index (χ3n) is 3.85. The van der Waals surface area contributed by atoms with Crippen molar-refractivity contribution in [3.63, 3.8) is 0 Å². The third kappa shape index (κ3) is 5.13. The van der Waals surface area contributed by atoms with Gasteiger partial charge in [-0.25, -0.2) is 0 Å². The zero-order chi connectivity index (χ0) is 16.7. The summed E-state index contributed by atoms with van der Waals surface area (Å²) in [6.45, 7) is 7.00. The van der Waals surface area contributed by atoms with Gasteiger partial charge in [0, 0.05) is 6.42 Å². The van der Waals surface area contributed by atoms with Crippen molar-refractivity contribution in [2.24, 2.45) is 0 Å². The molecule has 0 spiro atoms. The molecule has 3 nitrogen and oxygen atoms in total. The molecule has 122 valence electrons. The van der Waals surface area contributed by atoms with E-state index in [0.29, 0.717) is 26.1 Å². The van der Waals surface area contributed by atoms with E-state index in [2.05, 4.69) is 32.0 Å². The summed E-state index contributed by atoms with van der Waals surface area (Å²) in [4.78, 5) is 11.4. The van der Waals surface area contributed by atoms with Gasteiger partial charge >= 0.3 is 5.97 Å². The lowest BCUT2D eigenvalue weighted by Crippen LogP contribution is -2.05. The van der Waals surface area contributed by atoms with Crippen molar-refractivity contribution in [3.8, 4) is 5.75 Å². The van der Waals surface area contributed by atoms with Gasteiger partial charge in [-0.2, -0.15) is 0 Å². The van der Waals surface area contributed by atoms with Gasteiger partial charge in [0.15, 0.2) is 0 Å². The lowest BCUT2D eigenvalue weighted by Gasteiger charge is -2.12. The first kappa shape index (κ1) is 17.1. The van der Waals surface area contributed by atoms with E-state index in [4.69, 9.17) is 9.47 Å². The number of hydrogen-bond acceptors (Lipinski definition) is 3. The molecule has 0 heterocycles. The fourth-order valence-electron chi connectivity index (χ4n) is 2.50. The van der Waals surface area contributed by atoms with Crippen LogP contribution in [-0.2, 0) is 22.6 Å². The Hall–Kier alpha value is -2.29. The topological polar surface area (TPSA) is 35.5 Å². The Balaban J connectivity index is 1.96. The van der Waals surface area contributed by atoms with Crippen LogP contribution in [0.3, 0.4) is 0 Å². The highest BCUT2D eigenvalue weighted by molar-refractivity contribution is 5.69. The molecule has 0 atom stereocenters. The van der Waals surface area contributed by atoms with Gasteiger partial charge in [0.2, 0.25) is 0 Å². The Bertz CT molecular complexity index is 641. The zero-order valence-electron chi connectivity index (χ0n) is 14.1. The second-order valence-electron chi connectivity index (χ2n) is 5.61. The minimum Gasteiger partial charge on any atom is -0.489 e. The Labute approximate surface area is 138 Å². The summed E-state index contributed by atoms with van der Waals surface area (Å²) in [6.07, 6.45) is 1.06. The molecule has 2 rings (SSSR count). The van der Waals surface area contributed by atoms with Crippen LogP contribution in [0.4, 0.5) is 0 Å². The van der Waals surface area contributed by atoms with E-state index in [1.54, 1.807) is 0 Å². The highest BCUT2D eigenvalue weighted by Crippen LogP contribution is 2.19. The molecule has 0 unspecified atom stereocenters. The van der Waals surface area contributed by atoms with Gasteiger partial charge in [0.25, 0.3) is 0 Å². The molecule has 0 aliphatic carbocycles. The maximum absolute atomic E-state index is 11.4. The minimum absolute atomic E-state index is 0.158. The second kappa shape index (κ2) is 8.37. The lowest BCUT2D eigenvalue weighted by molar-refractivity contribution is -0.143. The monoisotopic (exact) mass is 312 g/mol. The van der Waals surface area contributed by atoms with Crippen molar-refractivity contribution in [2.75, 3.05) is 6.61 Å². The Kier molecular flexibility index (Phi) is 6.21. The second-order valence-corrected chi connectivity index (χ2v) is 5.61. The van der Waals surface area contributed by atoms with Crippen LogP contribution in [0.5, 0.6) is 5.75 Å². The summed E-state index contributed by atoms with van der Waals surface area (Å²) in [6, 6.07) is 14.2. The van der Waals surface area contributed by atoms with E-state index >= 15 is 0 Å². The molecule has 23 heavy (non-hydrogen) atoms. The van der Waals surface area contributed by atoms with E-state index in [1.165, 1.54) is 16.7 Å². The Morgan fingerprint density at radius 3 is 2.43 bits per heavy atom. The van der Waals surface area contributed by atoms with Crippen LogP contribution in [0.15, 0.2) is 42.5 Å². The highest BCUT2D eigenvalue weighted by Gasteiger charge is 2.06. The van der Waals surface area contributed by atoms with Crippen LogP contribution in [0.1, 0.15) is 35.6 Å². The average molecular weight is 312 g/mol. The number of esters is 1. The molecule has 0 radical (unpaired) electrons. The molecule has 3 heteroatoms. The summed E-state index contributed by atoms with van der Waals surface area (Å²) in [7, 11) is 0. The first-order valence-electron chi connectivity index (χ1n) is 8.02. The maximum Gasteiger partial charge on any atom is 0.306 e. The van der Waals surface area contributed by atoms with E-state index < -0.39 is 0 Å². The van der Waals surface area contributed by atoms with Crippen molar-refractivity contribution >= 4 is 5.97 Å². The van der Waals surface area contributed by atoms with Gasteiger partial charge < -0.3 is 9.47 Å². The Morgan fingerprint density at radius 1 is 1.04 bits per heavy atom. The molecule has 0 aliphatic rings. The van der Waals surface area contributed by atoms with Crippen molar-refractivity contribution < 1.29 is 14.3 Å². The molecule has 0 aromatic heterocycles. The Morgan fingerprint density at radius 2 is 1.74 bits per heavy atom. The minimum atomic E-state index is -0.158. The summed E-state index contributed by atoms with van der Waals surface area (Å²) < 4.78 is 10.9. The number of carbonyl (C=O) groups excluding carboxylic acids is 1. The smallest absolute Gasteiger partial charge is 0.306 e. The van der Waals surface area contributed by atoms with Gasteiger partial charge in [-0.15, -0.1) is 0 Å². The third-order valence-corrected chi connectivity index (χ3v) is 3.85.